The molecule has 1 aromatic heterocycles. The summed E-state index contributed by atoms with van der Waals surface area (Å²) >= 11 is 0. The van der Waals surface area contributed by atoms with Crippen LogP contribution in [0.3, 0.4) is 0 Å². The van der Waals surface area contributed by atoms with Crippen molar-refractivity contribution in [3.05, 3.63) is 27.7 Å². The number of aromatic amines is 1. The van der Waals surface area contributed by atoms with Crippen LogP contribution in [0.25, 0.3) is 0 Å². The van der Waals surface area contributed by atoms with Crippen molar-refractivity contribution in [1.29, 1.82) is 0 Å². The van der Waals surface area contributed by atoms with Crippen molar-refractivity contribution in [2.24, 2.45) is 0 Å². The van der Waals surface area contributed by atoms with Crippen LogP contribution in [-0.4, -0.2) is 21.0 Å². The molecule has 0 saturated heterocycles. The van der Waals surface area contributed by atoms with Gasteiger partial charge in [0, 0.05) is 0 Å². The molecule has 0 fully saturated rings. The summed E-state index contributed by atoms with van der Waals surface area (Å²) in [7, 11) is 0. The number of aromatic nitrogens is 2. The Morgan fingerprint density at radius 1 is 1.69 bits per heavy atom. The molecule has 0 unspecified atom stereocenters. The number of carboxylic acid groups (broad SMARTS) is 1. The van der Waals surface area contributed by atoms with Crippen LogP contribution in [0.5, 0.6) is 0 Å². The molecule has 5 nitrogen and oxygen atoms in total. The van der Waals surface area contributed by atoms with E-state index in [1.165, 1.54) is 6.92 Å². The van der Waals surface area contributed by atoms with Crippen LogP contribution in [0.15, 0.2) is 4.79 Å². The van der Waals surface area contributed by atoms with E-state index in [0.717, 1.165) is 0 Å². The fourth-order valence-electron chi connectivity index (χ4n) is 0.857. The minimum atomic E-state index is -1.13. The quantitative estimate of drug-likeness (QED) is 0.672. The highest BCUT2D eigenvalue weighted by molar-refractivity contribution is 5.68. The molecule has 1 heterocycles. The van der Waals surface area contributed by atoms with E-state index in [9.17, 15) is 14.0 Å². The molecule has 0 aliphatic heterocycles. The molecule has 0 saturated carbocycles. The van der Waals surface area contributed by atoms with Gasteiger partial charge in [-0.1, -0.05) is 0 Å². The van der Waals surface area contributed by atoms with E-state index >= 15 is 0 Å². The summed E-state index contributed by atoms with van der Waals surface area (Å²) in [5.41, 5.74) is -1.04. The topological polar surface area (TPSA) is 83.0 Å². The van der Waals surface area contributed by atoms with E-state index in [4.69, 9.17) is 5.11 Å². The van der Waals surface area contributed by atoms with Crippen molar-refractivity contribution in [1.82, 2.24) is 9.97 Å². The van der Waals surface area contributed by atoms with Crippen LogP contribution >= 0.6 is 0 Å². The van der Waals surface area contributed by atoms with Crippen LogP contribution < -0.4 is 5.56 Å². The number of H-pyrrole nitrogens is 1. The Morgan fingerprint density at radius 3 is 2.77 bits per heavy atom. The molecule has 2 N–H and O–H groups in total. The second-order valence-corrected chi connectivity index (χ2v) is 2.48. The number of hydrogen-bond acceptors (Lipinski definition) is 3. The molecule has 70 valence electrons. The van der Waals surface area contributed by atoms with Crippen LogP contribution in [0, 0.1) is 12.7 Å². The van der Waals surface area contributed by atoms with Gasteiger partial charge in [-0.05, 0) is 6.92 Å². The maximum atomic E-state index is 12.7. The number of halogens is 1. The molecule has 0 amide bonds. The number of nitrogens with zero attached hydrogens (tertiary/aromatic N) is 1. The molecule has 13 heavy (non-hydrogen) atoms. The number of aliphatic carboxylic acids is 1. The van der Waals surface area contributed by atoms with Crippen LogP contribution in [0.4, 0.5) is 4.39 Å². The van der Waals surface area contributed by atoms with Crippen molar-refractivity contribution in [2.75, 3.05) is 0 Å². The molecule has 0 aliphatic rings. The lowest BCUT2D eigenvalue weighted by Gasteiger charge is -1.98. The highest BCUT2D eigenvalue weighted by Gasteiger charge is 2.08. The van der Waals surface area contributed by atoms with E-state index in [0.29, 0.717) is 0 Å². The zero-order valence-corrected chi connectivity index (χ0v) is 6.80. The molecular weight excluding hydrogens is 179 g/mol. The first kappa shape index (κ1) is 9.37. The molecule has 0 spiro atoms. The van der Waals surface area contributed by atoms with Crippen molar-refractivity contribution >= 4 is 5.97 Å². The van der Waals surface area contributed by atoms with Gasteiger partial charge in [-0.3, -0.25) is 9.59 Å². The summed E-state index contributed by atoms with van der Waals surface area (Å²) in [6, 6.07) is 0. The molecule has 0 atom stereocenters. The average molecular weight is 186 g/mol. The fraction of sp³-hybridized carbons (Fsp3) is 0.286. The first-order valence-corrected chi connectivity index (χ1v) is 3.48. The predicted octanol–water partition coefficient (Wildman–Crippen LogP) is -0.155. The van der Waals surface area contributed by atoms with Gasteiger partial charge in [0.1, 0.15) is 12.2 Å². The van der Waals surface area contributed by atoms with Crippen molar-refractivity contribution < 1.29 is 14.3 Å². The third-order valence-corrected chi connectivity index (χ3v) is 1.40. The summed E-state index contributed by atoms with van der Waals surface area (Å²) in [5.74, 6) is -2.15. The first-order valence-electron chi connectivity index (χ1n) is 3.48. The Hall–Kier alpha value is -1.72. The Bertz CT molecular complexity index is 399. The lowest BCUT2D eigenvalue weighted by Crippen LogP contribution is -2.19. The third-order valence-electron chi connectivity index (χ3n) is 1.40. The Balaban J connectivity index is 3.13. The zero-order chi connectivity index (χ0) is 10.0. The van der Waals surface area contributed by atoms with Gasteiger partial charge >= 0.3 is 5.97 Å². The maximum absolute atomic E-state index is 12.7. The smallest absolute Gasteiger partial charge is 0.311 e. The standard InChI is InChI=1S/C7H7FN2O3/c1-3-6(8)7(13)10-4(9-3)2-5(11)12/h2H2,1H3,(H,11,12)(H,9,10,13). The van der Waals surface area contributed by atoms with Crippen LogP contribution in [0.1, 0.15) is 11.5 Å². The molecule has 6 heteroatoms. The number of nitrogens with one attached hydrogen (secondary N) is 1. The molecule has 0 aromatic carbocycles. The Morgan fingerprint density at radius 2 is 2.31 bits per heavy atom. The largest absolute Gasteiger partial charge is 0.481 e. The SMILES string of the molecule is Cc1nc(CC(=O)O)[nH]c(=O)c1F. The van der Waals surface area contributed by atoms with Gasteiger partial charge in [0.15, 0.2) is 0 Å². The summed E-state index contributed by atoms with van der Waals surface area (Å²) in [4.78, 5) is 26.6. The van der Waals surface area contributed by atoms with Gasteiger partial charge in [-0.25, -0.2) is 4.98 Å². The summed E-state index contributed by atoms with van der Waals surface area (Å²) < 4.78 is 12.7. The lowest BCUT2D eigenvalue weighted by molar-refractivity contribution is -0.136. The van der Waals surface area contributed by atoms with Gasteiger partial charge in [0.25, 0.3) is 5.56 Å². The highest BCUT2D eigenvalue weighted by atomic mass is 19.1. The van der Waals surface area contributed by atoms with E-state index in [1.54, 1.807) is 0 Å². The molecular formula is C7H7FN2O3. The molecule has 0 aliphatic carbocycles. The minimum Gasteiger partial charge on any atom is -0.481 e. The summed E-state index contributed by atoms with van der Waals surface area (Å²) in [6.07, 6.45) is -0.420. The molecule has 1 aromatic rings. The third kappa shape index (κ3) is 2.11. The van der Waals surface area contributed by atoms with E-state index in [-0.39, 0.29) is 11.5 Å². The highest BCUT2D eigenvalue weighted by Crippen LogP contribution is 1.96. The molecule has 0 radical (unpaired) electrons. The van der Waals surface area contributed by atoms with Crippen molar-refractivity contribution in [2.45, 2.75) is 13.3 Å². The van der Waals surface area contributed by atoms with Gasteiger partial charge in [0.2, 0.25) is 5.82 Å². The first-order chi connectivity index (χ1) is 6.00. The van der Waals surface area contributed by atoms with E-state index in [2.05, 4.69) is 4.98 Å². The maximum Gasteiger partial charge on any atom is 0.311 e. The van der Waals surface area contributed by atoms with E-state index < -0.39 is 23.8 Å². The summed E-state index contributed by atoms with van der Waals surface area (Å²) in [6.45, 7) is 1.30. The minimum absolute atomic E-state index is 0.0450. The zero-order valence-electron chi connectivity index (χ0n) is 6.80. The normalized spacial score (nSPS) is 10.0. The van der Waals surface area contributed by atoms with Crippen molar-refractivity contribution in [3.63, 3.8) is 0 Å². The van der Waals surface area contributed by atoms with Crippen LogP contribution in [-0.2, 0) is 11.2 Å². The predicted molar refractivity (Wildman–Crippen MR) is 40.9 cm³/mol. The van der Waals surface area contributed by atoms with Gasteiger partial charge in [-0.15, -0.1) is 0 Å². The number of carbonyl (C=O) groups is 1. The lowest BCUT2D eigenvalue weighted by atomic mass is 10.3. The molecule has 0 bridgehead atoms. The van der Waals surface area contributed by atoms with Gasteiger partial charge in [-0.2, -0.15) is 4.39 Å². The summed E-state index contributed by atoms with van der Waals surface area (Å²) in [5, 5.41) is 8.36. The average Bonchev–Trinajstić information content (AvgIpc) is 1.98. The second-order valence-electron chi connectivity index (χ2n) is 2.48. The number of rotatable bonds is 2. The number of aryl methyl sites for hydroxylation is 1. The monoisotopic (exact) mass is 186 g/mol. The van der Waals surface area contributed by atoms with Crippen molar-refractivity contribution in [3.8, 4) is 0 Å². The van der Waals surface area contributed by atoms with E-state index in [1.807, 2.05) is 4.98 Å². The van der Waals surface area contributed by atoms with Gasteiger partial charge < -0.3 is 10.1 Å². The van der Waals surface area contributed by atoms with Gasteiger partial charge in [0.05, 0.1) is 5.69 Å². The van der Waals surface area contributed by atoms with Crippen LogP contribution in [0.2, 0.25) is 0 Å². The second kappa shape index (κ2) is 3.34. The Labute approximate surface area is 72.2 Å². The number of carboxylic acids is 1. The number of hydrogen-bond donors (Lipinski definition) is 2. The molecule has 1 rings (SSSR count). The Kier molecular flexibility index (Phi) is 2.41. The fourth-order valence-corrected chi connectivity index (χ4v) is 0.857.